The van der Waals surface area contributed by atoms with Crippen molar-refractivity contribution in [1.82, 2.24) is 14.1 Å². The minimum absolute atomic E-state index is 0.0459. The summed E-state index contributed by atoms with van der Waals surface area (Å²) in [6.07, 6.45) is 0.843. The van der Waals surface area contributed by atoms with Crippen molar-refractivity contribution in [3.8, 4) is 0 Å². The Hall–Kier alpha value is -1.65. The van der Waals surface area contributed by atoms with E-state index in [0.717, 1.165) is 4.47 Å². The maximum Gasteiger partial charge on any atom is 0.410 e. The molecule has 2 amide bonds. The van der Waals surface area contributed by atoms with Crippen molar-refractivity contribution in [2.45, 2.75) is 44.1 Å². The number of nitrogens with zero attached hydrogens (tertiary/aromatic N) is 3. The van der Waals surface area contributed by atoms with Gasteiger partial charge in [-0.05, 0) is 57.9 Å². The molecule has 10 heteroatoms. The summed E-state index contributed by atoms with van der Waals surface area (Å²) in [6.45, 7) is 7.78. The standard InChI is InChI=1S/C21H30BrN3O5S/c1-21(2,3)30-20(27)24-10-8-16(9-11-24)19(26)23-12-14-25(15-13-23)31(28,29)18-6-4-17(22)5-7-18/h4-7,16H,8-15H2,1-3H3. The normalized spacial score (nSPS) is 19.4. The molecule has 0 aromatic heterocycles. The number of amides is 2. The van der Waals surface area contributed by atoms with Crippen LogP contribution in [-0.4, -0.2) is 79.4 Å². The van der Waals surface area contributed by atoms with Crippen LogP contribution < -0.4 is 0 Å². The van der Waals surface area contributed by atoms with E-state index in [-0.39, 0.29) is 35.9 Å². The van der Waals surface area contributed by atoms with E-state index in [1.807, 2.05) is 20.8 Å². The number of sulfonamides is 1. The van der Waals surface area contributed by atoms with Crippen LogP contribution in [0, 0.1) is 5.92 Å². The average Bonchev–Trinajstić information content (AvgIpc) is 2.72. The van der Waals surface area contributed by atoms with Gasteiger partial charge in [-0.25, -0.2) is 13.2 Å². The third-order valence-electron chi connectivity index (χ3n) is 5.50. The largest absolute Gasteiger partial charge is 0.444 e. The van der Waals surface area contributed by atoms with Crippen molar-refractivity contribution >= 4 is 38.0 Å². The molecule has 0 bridgehead atoms. The lowest BCUT2D eigenvalue weighted by molar-refractivity contribution is -0.138. The van der Waals surface area contributed by atoms with Gasteiger partial charge in [0.05, 0.1) is 4.90 Å². The second-order valence-electron chi connectivity index (χ2n) is 8.92. The first-order valence-corrected chi connectivity index (χ1v) is 12.7. The fourth-order valence-electron chi connectivity index (χ4n) is 3.80. The van der Waals surface area contributed by atoms with Gasteiger partial charge in [0.15, 0.2) is 0 Å². The summed E-state index contributed by atoms with van der Waals surface area (Å²) < 4.78 is 33.3. The van der Waals surface area contributed by atoms with E-state index >= 15 is 0 Å². The smallest absolute Gasteiger partial charge is 0.410 e. The van der Waals surface area contributed by atoms with Crippen LogP contribution in [0.2, 0.25) is 0 Å². The number of piperazine rings is 1. The second-order valence-corrected chi connectivity index (χ2v) is 11.8. The molecule has 0 spiro atoms. The van der Waals surface area contributed by atoms with Gasteiger partial charge in [0.25, 0.3) is 0 Å². The Morgan fingerprint density at radius 3 is 2.00 bits per heavy atom. The molecule has 1 aromatic carbocycles. The summed E-state index contributed by atoms with van der Waals surface area (Å²) in [5.74, 6) is -0.0992. The van der Waals surface area contributed by atoms with E-state index in [4.69, 9.17) is 4.74 Å². The van der Waals surface area contributed by atoms with Crippen LogP contribution in [-0.2, 0) is 19.6 Å². The number of likely N-dealkylation sites (tertiary alicyclic amines) is 1. The number of rotatable bonds is 3. The van der Waals surface area contributed by atoms with Gasteiger partial charge in [-0.3, -0.25) is 4.79 Å². The molecule has 2 saturated heterocycles. The number of carbonyl (C=O) groups is 2. The number of hydrogen-bond acceptors (Lipinski definition) is 5. The monoisotopic (exact) mass is 515 g/mol. The Morgan fingerprint density at radius 2 is 1.48 bits per heavy atom. The Labute approximate surface area is 192 Å². The van der Waals surface area contributed by atoms with E-state index in [0.29, 0.717) is 39.0 Å². The van der Waals surface area contributed by atoms with Gasteiger partial charge >= 0.3 is 6.09 Å². The van der Waals surface area contributed by atoms with E-state index < -0.39 is 15.6 Å². The van der Waals surface area contributed by atoms with Crippen molar-refractivity contribution in [1.29, 1.82) is 0 Å². The molecule has 31 heavy (non-hydrogen) atoms. The van der Waals surface area contributed by atoms with Crippen LogP contribution in [0.15, 0.2) is 33.6 Å². The van der Waals surface area contributed by atoms with Crippen LogP contribution in [0.3, 0.4) is 0 Å². The lowest BCUT2D eigenvalue weighted by Crippen LogP contribution is -2.53. The molecule has 3 rings (SSSR count). The van der Waals surface area contributed by atoms with Gasteiger partial charge < -0.3 is 14.5 Å². The van der Waals surface area contributed by atoms with Crippen molar-refractivity contribution in [2.24, 2.45) is 5.92 Å². The van der Waals surface area contributed by atoms with Crippen LogP contribution in [0.5, 0.6) is 0 Å². The number of ether oxygens (including phenoxy) is 1. The SMILES string of the molecule is CC(C)(C)OC(=O)N1CCC(C(=O)N2CCN(S(=O)(=O)c3ccc(Br)cc3)CC2)CC1. The third kappa shape index (κ3) is 5.98. The summed E-state index contributed by atoms with van der Waals surface area (Å²) in [4.78, 5) is 28.8. The molecule has 2 heterocycles. The minimum atomic E-state index is -3.57. The minimum Gasteiger partial charge on any atom is -0.444 e. The highest BCUT2D eigenvalue weighted by Crippen LogP contribution is 2.24. The topological polar surface area (TPSA) is 87.2 Å². The number of carbonyl (C=O) groups excluding carboxylic acids is 2. The maximum absolute atomic E-state index is 12.9. The number of benzene rings is 1. The van der Waals surface area contributed by atoms with Crippen molar-refractivity contribution in [3.05, 3.63) is 28.7 Å². The molecule has 0 aliphatic carbocycles. The zero-order chi connectivity index (χ0) is 22.8. The Morgan fingerprint density at radius 1 is 0.935 bits per heavy atom. The summed E-state index contributed by atoms with van der Waals surface area (Å²) in [5.41, 5.74) is -0.542. The third-order valence-corrected chi connectivity index (χ3v) is 7.94. The molecule has 2 aliphatic rings. The fraction of sp³-hybridized carbons (Fsp3) is 0.619. The average molecular weight is 516 g/mol. The molecule has 2 aliphatic heterocycles. The number of halogens is 1. The van der Waals surface area contributed by atoms with Gasteiger partial charge in [-0.15, -0.1) is 0 Å². The van der Waals surface area contributed by atoms with E-state index in [2.05, 4.69) is 15.9 Å². The molecule has 0 radical (unpaired) electrons. The summed E-state index contributed by atoms with van der Waals surface area (Å²) in [6, 6.07) is 6.57. The van der Waals surface area contributed by atoms with E-state index in [9.17, 15) is 18.0 Å². The summed E-state index contributed by atoms with van der Waals surface area (Å²) >= 11 is 3.31. The van der Waals surface area contributed by atoms with Gasteiger partial charge in [0.2, 0.25) is 15.9 Å². The first kappa shape index (κ1) is 24.0. The lowest BCUT2D eigenvalue weighted by Gasteiger charge is -2.38. The van der Waals surface area contributed by atoms with Gasteiger partial charge in [0, 0.05) is 49.7 Å². The molecule has 0 unspecified atom stereocenters. The van der Waals surface area contributed by atoms with Crippen molar-refractivity contribution < 1.29 is 22.7 Å². The predicted molar refractivity (Wildman–Crippen MR) is 120 cm³/mol. The highest BCUT2D eigenvalue weighted by atomic mass is 79.9. The van der Waals surface area contributed by atoms with E-state index in [1.165, 1.54) is 4.31 Å². The lowest BCUT2D eigenvalue weighted by atomic mass is 9.95. The van der Waals surface area contributed by atoms with Crippen molar-refractivity contribution in [2.75, 3.05) is 39.3 Å². The number of hydrogen-bond donors (Lipinski definition) is 0. The number of piperidine rings is 1. The molecule has 8 nitrogen and oxygen atoms in total. The first-order chi connectivity index (χ1) is 14.5. The Kier molecular flexibility index (Phi) is 7.32. The molecule has 172 valence electrons. The van der Waals surface area contributed by atoms with Crippen molar-refractivity contribution in [3.63, 3.8) is 0 Å². The predicted octanol–water partition coefficient (Wildman–Crippen LogP) is 2.93. The van der Waals surface area contributed by atoms with Crippen LogP contribution in [0.25, 0.3) is 0 Å². The highest BCUT2D eigenvalue weighted by Gasteiger charge is 2.35. The molecule has 1 aromatic rings. The summed E-state index contributed by atoms with van der Waals surface area (Å²) in [7, 11) is -3.57. The fourth-order valence-corrected chi connectivity index (χ4v) is 5.48. The van der Waals surface area contributed by atoms with Gasteiger partial charge in [-0.1, -0.05) is 15.9 Å². The van der Waals surface area contributed by atoms with Crippen LogP contribution in [0.4, 0.5) is 4.79 Å². The van der Waals surface area contributed by atoms with E-state index in [1.54, 1.807) is 34.1 Å². The van der Waals surface area contributed by atoms with Crippen LogP contribution in [0.1, 0.15) is 33.6 Å². The Bertz CT molecular complexity index is 898. The zero-order valence-corrected chi connectivity index (χ0v) is 20.6. The molecule has 0 saturated carbocycles. The van der Waals surface area contributed by atoms with Crippen LogP contribution >= 0.6 is 15.9 Å². The second kappa shape index (κ2) is 9.46. The zero-order valence-electron chi connectivity index (χ0n) is 18.2. The molecular weight excluding hydrogens is 486 g/mol. The van der Waals surface area contributed by atoms with Gasteiger partial charge in [0.1, 0.15) is 5.60 Å². The van der Waals surface area contributed by atoms with Gasteiger partial charge in [-0.2, -0.15) is 4.31 Å². The molecule has 2 fully saturated rings. The molecule has 0 atom stereocenters. The quantitative estimate of drug-likeness (QED) is 0.617. The summed E-state index contributed by atoms with van der Waals surface area (Å²) in [5, 5.41) is 0. The maximum atomic E-state index is 12.9. The first-order valence-electron chi connectivity index (χ1n) is 10.5. The molecular formula is C21H30BrN3O5S. The Balaban J connectivity index is 1.51. The highest BCUT2D eigenvalue weighted by molar-refractivity contribution is 9.10. The molecule has 0 N–H and O–H groups in total.